The second-order valence-corrected chi connectivity index (χ2v) is 7.34. The van der Waals surface area contributed by atoms with Crippen LogP contribution >= 0.6 is 0 Å². The van der Waals surface area contributed by atoms with E-state index in [1.54, 1.807) is 6.07 Å². The van der Waals surface area contributed by atoms with Crippen molar-refractivity contribution < 1.29 is 21.9 Å². The molecule has 1 N–H and O–H groups in total. The summed E-state index contributed by atoms with van der Waals surface area (Å²) < 4.78 is 50.8. The van der Waals surface area contributed by atoms with Crippen molar-refractivity contribution in [1.82, 2.24) is 9.88 Å². The highest BCUT2D eigenvalue weighted by atomic mass is 32.2. The summed E-state index contributed by atoms with van der Waals surface area (Å²) in [6.07, 6.45) is 2.08. The van der Waals surface area contributed by atoms with E-state index in [1.807, 2.05) is 0 Å². The van der Waals surface area contributed by atoms with Crippen molar-refractivity contribution >= 4 is 15.7 Å². The SMILES string of the molecule is O=S1(=O)CCN(CCCNc2ccc(OC(F)F)cn2)CC1. The Labute approximate surface area is 128 Å². The third-order valence-corrected chi connectivity index (χ3v) is 4.96. The molecule has 0 spiro atoms. The molecular formula is C13H19F2N3O3S. The summed E-state index contributed by atoms with van der Waals surface area (Å²) in [6.45, 7) is -0.199. The molecule has 124 valence electrons. The molecule has 0 amide bonds. The van der Waals surface area contributed by atoms with Gasteiger partial charge in [0.1, 0.15) is 11.6 Å². The van der Waals surface area contributed by atoms with E-state index in [9.17, 15) is 17.2 Å². The first-order valence-electron chi connectivity index (χ1n) is 7.02. The van der Waals surface area contributed by atoms with Gasteiger partial charge in [-0.2, -0.15) is 8.78 Å². The third kappa shape index (κ3) is 5.72. The summed E-state index contributed by atoms with van der Waals surface area (Å²) in [5, 5.41) is 3.08. The van der Waals surface area contributed by atoms with Gasteiger partial charge in [0.2, 0.25) is 0 Å². The quantitative estimate of drug-likeness (QED) is 0.756. The lowest BCUT2D eigenvalue weighted by atomic mass is 10.3. The van der Waals surface area contributed by atoms with Crippen LogP contribution in [0.4, 0.5) is 14.6 Å². The summed E-state index contributed by atoms with van der Waals surface area (Å²) in [4.78, 5) is 6.09. The Morgan fingerprint density at radius 1 is 1.32 bits per heavy atom. The molecule has 0 radical (unpaired) electrons. The molecule has 1 aromatic heterocycles. The maximum Gasteiger partial charge on any atom is 0.387 e. The second kappa shape index (κ2) is 7.68. The van der Waals surface area contributed by atoms with Crippen LogP contribution in [-0.2, 0) is 9.84 Å². The molecule has 1 aliphatic heterocycles. The van der Waals surface area contributed by atoms with E-state index in [1.165, 1.54) is 12.3 Å². The Morgan fingerprint density at radius 3 is 2.64 bits per heavy atom. The first kappa shape index (κ1) is 16.9. The van der Waals surface area contributed by atoms with Gasteiger partial charge >= 0.3 is 6.61 Å². The van der Waals surface area contributed by atoms with Crippen molar-refractivity contribution in [3.05, 3.63) is 18.3 Å². The molecular weight excluding hydrogens is 316 g/mol. The average Bonchev–Trinajstić information content (AvgIpc) is 2.46. The first-order valence-corrected chi connectivity index (χ1v) is 8.84. The van der Waals surface area contributed by atoms with Crippen LogP contribution in [0.1, 0.15) is 6.42 Å². The van der Waals surface area contributed by atoms with Gasteiger partial charge in [-0.15, -0.1) is 0 Å². The number of nitrogens with one attached hydrogen (secondary N) is 1. The van der Waals surface area contributed by atoms with Crippen molar-refractivity contribution in [3.8, 4) is 5.75 Å². The highest BCUT2D eigenvalue weighted by Gasteiger charge is 2.20. The number of anilines is 1. The van der Waals surface area contributed by atoms with Crippen LogP contribution in [0.5, 0.6) is 5.75 Å². The first-order chi connectivity index (χ1) is 10.4. The fourth-order valence-corrected chi connectivity index (χ4v) is 3.43. The number of ether oxygens (including phenoxy) is 1. The molecule has 1 aliphatic rings. The van der Waals surface area contributed by atoms with Crippen molar-refractivity contribution in [3.63, 3.8) is 0 Å². The molecule has 22 heavy (non-hydrogen) atoms. The molecule has 0 unspecified atom stereocenters. The van der Waals surface area contributed by atoms with Gasteiger partial charge in [0.15, 0.2) is 9.84 Å². The zero-order valence-electron chi connectivity index (χ0n) is 12.0. The van der Waals surface area contributed by atoms with Gasteiger partial charge in [-0.3, -0.25) is 0 Å². The number of halogens is 2. The number of aromatic nitrogens is 1. The zero-order valence-corrected chi connectivity index (χ0v) is 12.9. The molecule has 1 aromatic rings. The van der Waals surface area contributed by atoms with Crippen LogP contribution in [0.15, 0.2) is 18.3 Å². The number of rotatable bonds is 7. The van der Waals surface area contributed by atoms with Crippen molar-refractivity contribution in [1.29, 1.82) is 0 Å². The Hall–Kier alpha value is -1.48. The van der Waals surface area contributed by atoms with Crippen molar-refractivity contribution in [2.75, 3.05) is 43.0 Å². The lowest BCUT2D eigenvalue weighted by Gasteiger charge is -2.26. The minimum absolute atomic E-state index is 0.0232. The van der Waals surface area contributed by atoms with Gasteiger partial charge in [0.25, 0.3) is 0 Å². The number of sulfone groups is 1. The normalized spacial score (nSPS) is 18.3. The zero-order chi connectivity index (χ0) is 16.0. The number of hydrogen-bond acceptors (Lipinski definition) is 6. The molecule has 0 atom stereocenters. The second-order valence-electron chi connectivity index (χ2n) is 5.03. The Morgan fingerprint density at radius 2 is 2.05 bits per heavy atom. The van der Waals surface area contributed by atoms with Gasteiger partial charge in [-0.05, 0) is 25.1 Å². The van der Waals surface area contributed by atoms with Crippen LogP contribution in [-0.4, -0.2) is 62.6 Å². The van der Waals surface area contributed by atoms with Crippen LogP contribution in [0.25, 0.3) is 0 Å². The summed E-state index contributed by atoms with van der Waals surface area (Å²) >= 11 is 0. The number of nitrogens with zero attached hydrogens (tertiary/aromatic N) is 2. The number of pyridine rings is 1. The van der Waals surface area contributed by atoms with E-state index in [-0.39, 0.29) is 17.3 Å². The van der Waals surface area contributed by atoms with E-state index in [0.29, 0.717) is 25.5 Å². The van der Waals surface area contributed by atoms with Gasteiger partial charge < -0.3 is 15.0 Å². The topological polar surface area (TPSA) is 71.5 Å². The van der Waals surface area contributed by atoms with Gasteiger partial charge in [-0.1, -0.05) is 0 Å². The molecule has 1 fully saturated rings. The Balaban J connectivity index is 1.64. The molecule has 0 saturated carbocycles. The molecule has 2 heterocycles. The van der Waals surface area contributed by atoms with Crippen LogP contribution < -0.4 is 10.1 Å². The number of alkyl halides is 2. The smallest absolute Gasteiger partial charge is 0.387 e. The van der Waals surface area contributed by atoms with E-state index >= 15 is 0 Å². The molecule has 6 nitrogen and oxygen atoms in total. The standard InChI is InChI=1S/C13H19F2N3O3S/c14-13(15)21-11-2-3-12(17-10-11)16-4-1-5-18-6-8-22(19,20)9-7-18/h2-3,10,13H,1,4-9H2,(H,16,17). The maximum absolute atomic E-state index is 12.0. The van der Waals surface area contributed by atoms with Crippen molar-refractivity contribution in [2.24, 2.45) is 0 Å². The molecule has 0 aliphatic carbocycles. The lowest BCUT2D eigenvalue weighted by Crippen LogP contribution is -2.41. The molecule has 0 bridgehead atoms. The monoisotopic (exact) mass is 335 g/mol. The molecule has 9 heteroatoms. The predicted octanol–water partition coefficient (Wildman–Crippen LogP) is 1.22. The summed E-state index contributed by atoms with van der Waals surface area (Å²) in [6, 6.07) is 3.00. The fraction of sp³-hybridized carbons (Fsp3) is 0.615. The third-order valence-electron chi connectivity index (χ3n) is 3.36. The molecule has 0 aromatic carbocycles. The van der Waals surface area contributed by atoms with Crippen molar-refractivity contribution in [2.45, 2.75) is 13.0 Å². The van der Waals surface area contributed by atoms with E-state index < -0.39 is 16.4 Å². The Bertz CT molecular complexity index is 552. The summed E-state index contributed by atoms with van der Waals surface area (Å²) in [5.41, 5.74) is 0. The van der Waals surface area contributed by atoms with Gasteiger partial charge in [0.05, 0.1) is 17.7 Å². The lowest BCUT2D eigenvalue weighted by molar-refractivity contribution is -0.0500. The highest BCUT2D eigenvalue weighted by molar-refractivity contribution is 7.91. The summed E-state index contributed by atoms with van der Waals surface area (Å²) in [7, 11) is -2.83. The van der Waals surface area contributed by atoms with Gasteiger partial charge in [0, 0.05) is 19.6 Å². The molecule has 1 saturated heterocycles. The van der Waals surface area contributed by atoms with Crippen LogP contribution in [0, 0.1) is 0 Å². The van der Waals surface area contributed by atoms with E-state index in [0.717, 1.165) is 13.0 Å². The minimum atomic E-state index is -2.85. The van der Waals surface area contributed by atoms with Crippen LogP contribution in [0.3, 0.4) is 0 Å². The Kier molecular flexibility index (Phi) is 5.90. The van der Waals surface area contributed by atoms with E-state index in [2.05, 4.69) is 19.9 Å². The fourth-order valence-electron chi connectivity index (χ4n) is 2.15. The maximum atomic E-state index is 12.0. The highest BCUT2D eigenvalue weighted by Crippen LogP contribution is 2.14. The largest absolute Gasteiger partial charge is 0.433 e. The van der Waals surface area contributed by atoms with Crippen LogP contribution in [0.2, 0.25) is 0 Å². The number of hydrogen-bond donors (Lipinski definition) is 1. The summed E-state index contributed by atoms with van der Waals surface area (Å²) in [5.74, 6) is 1.07. The molecule has 2 rings (SSSR count). The predicted molar refractivity (Wildman–Crippen MR) is 79.1 cm³/mol. The average molecular weight is 335 g/mol. The van der Waals surface area contributed by atoms with Gasteiger partial charge in [-0.25, -0.2) is 13.4 Å². The minimum Gasteiger partial charge on any atom is -0.433 e. The van der Waals surface area contributed by atoms with E-state index in [4.69, 9.17) is 0 Å².